The number of nitrogens with zero attached hydrogens (tertiary/aromatic N) is 1. The maximum Gasteiger partial charge on any atom is 0.273 e. The lowest BCUT2D eigenvalue weighted by atomic mass is 10.2. The summed E-state index contributed by atoms with van der Waals surface area (Å²) in [6.45, 7) is 3.03. The monoisotopic (exact) mass is 301 g/mol. The van der Waals surface area contributed by atoms with Crippen molar-refractivity contribution in [2.24, 2.45) is 11.8 Å². The summed E-state index contributed by atoms with van der Waals surface area (Å²) in [6, 6.07) is 6.67. The van der Waals surface area contributed by atoms with Crippen LogP contribution in [0, 0.1) is 11.8 Å². The number of amides is 1. The van der Waals surface area contributed by atoms with Gasteiger partial charge in [0.25, 0.3) is 11.1 Å². The normalized spacial score (nSPS) is 20.0. The topological polar surface area (TPSA) is 84.0 Å². The molecule has 6 heteroatoms. The maximum absolute atomic E-state index is 12.3. The number of benzene rings is 1. The minimum Gasteiger partial charge on any atom is -0.356 e. The minimum atomic E-state index is -0.317. The minimum absolute atomic E-state index is 0.0972. The second-order valence-corrected chi connectivity index (χ2v) is 5.97. The molecule has 1 aliphatic carbocycles. The smallest absolute Gasteiger partial charge is 0.273 e. The van der Waals surface area contributed by atoms with E-state index in [9.17, 15) is 14.4 Å². The molecule has 1 amide bonds. The molecule has 1 aliphatic rings. The molecule has 1 heterocycles. The number of fused-ring (bicyclic) bond motifs is 1. The summed E-state index contributed by atoms with van der Waals surface area (Å²) in [4.78, 5) is 36.0. The number of hydrogen-bond donors (Lipinski definition) is 2. The number of aromatic amines is 1. The van der Waals surface area contributed by atoms with Crippen LogP contribution in [-0.4, -0.2) is 22.2 Å². The zero-order valence-electron chi connectivity index (χ0n) is 12.5. The number of aryl methyl sites for hydroxylation is 1. The van der Waals surface area contributed by atoms with Gasteiger partial charge in [-0.3, -0.25) is 19.5 Å². The first-order valence-corrected chi connectivity index (χ1v) is 7.55. The second kappa shape index (κ2) is 5.79. The standard InChI is InChI=1S/C16H19N3O3/c1-10-8-11(10)9-17-14(20)6-7-19-16(22)13-5-3-2-4-12(13)15(21)18-19/h2-5,10-11H,6-9H2,1H3,(H,17,20)(H,18,21)/t10-,11+/m0/s1. The summed E-state index contributed by atoms with van der Waals surface area (Å²) >= 11 is 0. The summed E-state index contributed by atoms with van der Waals surface area (Å²) in [5.74, 6) is 1.19. The average Bonchev–Trinajstić information content (AvgIpc) is 3.23. The first kappa shape index (κ1) is 14.6. The molecular weight excluding hydrogens is 282 g/mol. The largest absolute Gasteiger partial charge is 0.356 e. The molecule has 0 radical (unpaired) electrons. The van der Waals surface area contributed by atoms with Crippen LogP contribution in [0.3, 0.4) is 0 Å². The zero-order chi connectivity index (χ0) is 15.7. The molecule has 0 spiro atoms. The Balaban J connectivity index is 1.69. The Bertz CT molecular complexity index is 821. The number of H-pyrrole nitrogens is 1. The molecule has 22 heavy (non-hydrogen) atoms. The van der Waals surface area contributed by atoms with Crippen LogP contribution in [0.5, 0.6) is 0 Å². The van der Waals surface area contributed by atoms with E-state index < -0.39 is 0 Å². The van der Waals surface area contributed by atoms with E-state index in [2.05, 4.69) is 17.3 Å². The zero-order valence-corrected chi connectivity index (χ0v) is 12.5. The molecule has 2 atom stereocenters. The van der Waals surface area contributed by atoms with Crippen molar-refractivity contribution in [3.63, 3.8) is 0 Å². The Kier molecular flexibility index (Phi) is 3.83. The van der Waals surface area contributed by atoms with E-state index in [0.29, 0.717) is 29.2 Å². The molecule has 6 nitrogen and oxygen atoms in total. The van der Waals surface area contributed by atoms with E-state index >= 15 is 0 Å². The number of hydrogen-bond acceptors (Lipinski definition) is 3. The molecular formula is C16H19N3O3. The number of aromatic nitrogens is 2. The molecule has 1 aromatic carbocycles. The van der Waals surface area contributed by atoms with Crippen molar-refractivity contribution in [2.75, 3.05) is 6.54 Å². The van der Waals surface area contributed by atoms with Gasteiger partial charge in [0, 0.05) is 13.0 Å². The fourth-order valence-electron chi connectivity index (χ4n) is 2.63. The van der Waals surface area contributed by atoms with E-state index in [1.807, 2.05) is 0 Å². The van der Waals surface area contributed by atoms with Crippen LogP contribution in [-0.2, 0) is 11.3 Å². The molecule has 0 bridgehead atoms. The quantitative estimate of drug-likeness (QED) is 0.859. The van der Waals surface area contributed by atoms with Crippen molar-refractivity contribution in [3.05, 3.63) is 45.0 Å². The molecule has 1 fully saturated rings. The Morgan fingerprint density at radius 3 is 2.68 bits per heavy atom. The predicted molar refractivity (Wildman–Crippen MR) is 83.7 cm³/mol. The third-order valence-electron chi connectivity index (χ3n) is 4.28. The first-order chi connectivity index (χ1) is 10.6. The van der Waals surface area contributed by atoms with Gasteiger partial charge in [0.1, 0.15) is 0 Å². The number of carbonyl (C=O) groups excluding carboxylic acids is 1. The van der Waals surface area contributed by atoms with E-state index in [1.165, 1.54) is 4.68 Å². The molecule has 0 unspecified atom stereocenters. The van der Waals surface area contributed by atoms with Gasteiger partial charge in [0.2, 0.25) is 5.91 Å². The molecule has 3 rings (SSSR count). The van der Waals surface area contributed by atoms with Gasteiger partial charge in [-0.15, -0.1) is 0 Å². The number of rotatable bonds is 5. The molecule has 0 aliphatic heterocycles. The fraction of sp³-hybridized carbons (Fsp3) is 0.438. The SMILES string of the molecule is C[C@H]1C[C@@H]1CNC(=O)CCn1[nH]c(=O)c2ccccc2c1=O. The van der Waals surface area contributed by atoms with Gasteiger partial charge in [-0.25, -0.2) is 4.68 Å². The Morgan fingerprint density at radius 1 is 1.32 bits per heavy atom. The van der Waals surface area contributed by atoms with Crippen LogP contribution in [0.25, 0.3) is 10.8 Å². The third kappa shape index (κ3) is 2.95. The highest BCUT2D eigenvalue weighted by Gasteiger charge is 2.32. The van der Waals surface area contributed by atoms with Crippen LogP contribution in [0.15, 0.2) is 33.9 Å². The van der Waals surface area contributed by atoms with Gasteiger partial charge < -0.3 is 5.32 Å². The van der Waals surface area contributed by atoms with E-state index in [4.69, 9.17) is 0 Å². The lowest BCUT2D eigenvalue weighted by Gasteiger charge is -2.08. The van der Waals surface area contributed by atoms with E-state index in [0.717, 1.165) is 6.42 Å². The summed E-state index contributed by atoms with van der Waals surface area (Å²) in [5.41, 5.74) is -0.596. The van der Waals surface area contributed by atoms with Crippen molar-refractivity contribution < 1.29 is 4.79 Å². The van der Waals surface area contributed by atoms with Crippen LogP contribution in [0.2, 0.25) is 0 Å². The van der Waals surface area contributed by atoms with Gasteiger partial charge in [-0.05, 0) is 30.4 Å². The summed E-state index contributed by atoms with van der Waals surface area (Å²) in [7, 11) is 0. The van der Waals surface area contributed by atoms with Crippen LogP contribution in [0.1, 0.15) is 19.8 Å². The van der Waals surface area contributed by atoms with Crippen molar-refractivity contribution in [2.45, 2.75) is 26.3 Å². The van der Waals surface area contributed by atoms with Crippen LogP contribution in [0.4, 0.5) is 0 Å². The first-order valence-electron chi connectivity index (χ1n) is 7.55. The molecule has 1 saturated carbocycles. The van der Waals surface area contributed by atoms with Crippen molar-refractivity contribution in [1.82, 2.24) is 15.1 Å². The lowest BCUT2D eigenvalue weighted by molar-refractivity contribution is -0.121. The summed E-state index contributed by atoms with van der Waals surface area (Å²) in [6.07, 6.45) is 1.34. The summed E-state index contributed by atoms with van der Waals surface area (Å²) in [5, 5.41) is 6.14. The highest BCUT2D eigenvalue weighted by molar-refractivity contribution is 5.80. The van der Waals surface area contributed by atoms with Crippen LogP contribution < -0.4 is 16.4 Å². The van der Waals surface area contributed by atoms with Gasteiger partial charge in [-0.2, -0.15) is 0 Å². The fourth-order valence-corrected chi connectivity index (χ4v) is 2.63. The van der Waals surface area contributed by atoms with E-state index in [1.54, 1.807) is 24.3 Å². The van der Waals surface area contributed by atoms with Crippen LogP contribution >= 0.6 is 0 Å². The van der Waals surface area contributed by atoms with Crippen molar-refractivity contribution in [3.8, 4) is 0 Å². The third-order valence-corrected chi connectivity index (χ3v) is 4.28. The van der Waals surface area contributed by atoms with Gasteiger partial charge in [-0.1, -0.05) is 19.1 Å². The molecule has 2 aromatic rings. The van der Waals surface area contributed by atoms with Gasteiger partial charge in [0.15, 0.2) is 0 Å². The number of nitrogens with one attached hydrogen (secondary N) is 2. The van der Waals surface area contributed by atoms with Crippen molar-refractivity contribution >= 4 is 16.7 Å². The second-order valence-electron chi connectivity index (χ2n) is 5.97. The predicted octanol–water partition coefficient (Wildman–Crippen LogP) is 0.852. The average molecular weight is 301 g/mol. The van der Waals surface area contributed by atoms with Crippen molar-refractivity contribution in [1.29, 1.82) is 0 Å². The lowest BCUT2D eigenvalue weighted by Crippen LogP contribution is -2.33. The highest BCUT2D eigenvalue weighted by atomic mass is 16.2. The van der Waals surface area contributed by atoms with Gasteiger partial charge >= 0.3 is 0 Å². The number of carbonyl (C=O) groups is 1. The Morgan fingerprint density at radius 2 is 2.00 bits per heavy atom. The molecule has 2 N–H and O–H groups in total. The Labute approximate surface area is 127 Å². The van der Waals surface area contributed by atoms with Gasteiger partial charge in [0.05, 0.1) is 17.3 Å². The highest BCUT2D eigenvalue weighted by Crippen LogP contribution is 2.36. The van der Waals surface area contributed by atoms with E-state index in [-0.39, 0.29) is 30.0 Å². The molecule has 0 saturated heterocycles. The molecule has 1 aromatic heterocycles. The molecule has 116 valence electrons. The Hall–Kier alpha value is -2.37. The summed E-state index contributed by atoms with van der Waals surface area (Å²) < 4.78 is 1.21. The maximum atomic E-state index is 12.3.